The van der Waals surface area contributed by atoms with Crippen molar-refractivity contribution in [1.82, 2.24) is 5.01 Å². The molecule has 0 aromatic carbocycles. The number of carbonyl (C=O) groups is 2. The Morgan fingerprint density at radius 2 is 2.44 bits per heavy atom. The van der Waals surface area contributed by atoms with E-state index in [1.54, 1.807) is 6.08 Å². The van der Waals surface area contributed by atoms with Crippen LogP contribution in [0.1, 0.15) is 0 Å². The van der Waals surface area contributed by atoms with E-state index in [1.807, 2.05) is 0 Å². The van der Waals surface area contributed by atoms with Gasteiger partial charge in [-0.1, -0.05) is 6.08 Å². The Kier molecular flexibility index (Phi) is 4.27. The van der Waals surface area contributed by atoms with Crippen molar-refractivity contribution in [3.05, 3.63) is 23.6 Å². The number of aliphatic imine (C=N–C) groups is 1. The van der Waals surface area contributed by atoms with Gasteiger partial charge in [-0.25, -0.2) is 15.6 Å². The van der Waals surface area contributed by atoms with Gasteiger partial charge in [0, 0.05) is 6.08 Å². The molecule has 16 heavy (non-hydrogen) atoms. The lowest BCUT2D eigenvalue weighted by molar-refractivity contribution is -0.135. The van der Waals surface area contributed by atoms with Crippen LogP contribution in [0, 0.1) is 0 Å². The summed E-state index contributed by atoms with van der Waals surface area (Å²) in [6.45, 7) is 3.85. The molecule has 1 amide bonds. The van der Waals surface area contributed by atoms with Crippen molar-refractivity contribution in [3.63, 3.8) is 0 Å². The SMILES string of the molecule is C=CCN=C1S/C(=C\C(=O)OC)C(=O)N1N. The lowest BCUT2D eigenvalue weighted by atomic mass is 10.4. The molecule has 0 aromatic rings. The largest absolute Gasteiger partial charge is 0.466 e. The van der Waals surface area contributed by atoms with Crippen molar-refractivity contribution >= 4 is 28.8 Å². The van der Waals surface area contributed by atoms with Gasteiger partial charge in [0.05, 0.1) is 18.6 Å². The number of carbonyl (C=O) groups excluding carboxylic acids is 2. The Morgan fingerprint density at radius 1 is 1.75 bits per heavy atom. The van der Waals surface area contributed by atoms with Crippen molar-refractivity contribution in [3.8, 4) is 0 Å². The maximum atomic E-state index is 11.5. The van der Waals surface area contributed by atoms with E-state index in [4.69, 9.17) is 5.84 Å². The molecule has 0 atom stereocenters. The molecule has 0 spiro atoms. The Bertz CT molecular complexity index is 389. The molecule has 0 unspecified atom stereocenters. The third-order valence-electron chi connectivity index (χ3n) is 1.64. The van der Waals surface area contributed by atoms with Gasteiger partial charge in [0.15, 0.2) is 5.17 Å². The van der Waals surface area contributed by atoms with Crippen LogP contribution < -0.4 is 5.84 Å². The van der Waals surface area contributed by atoms with Crippen LogP contribution in [0.3, 0.4) is 0 Å². The summed E-state index contributed by atoms with van der Waals surface area (Å²) in [6, 6.07) is 0. The zero-order valence-corrected chi connectivity index (χ0v) is 9.49. The molecule has 0 aliphatic carbocycles. The van der Waals surface area contributed by atoms with Crippen molar-refractivity contribution in [1.29, 1.82) is 0 Å². The molecule has 1 heterocycles. The zero-order chi connectivity index (χ0) is 12.1. The Balaban J connectivity index is 2.87. The number of nitrogens with two attached hydrogens (primary N) is 1. The summed E-state index contributed by atoms with van der Waals surface area (Å²) in [5, 5.41) is 1.23. The number of hydrogen-bond donors (Lipinski definition) is 1. The molecule has 2 N–H and O–H groups in total. The normalized spacial score (nSPS) is 20.6. The fraction of sp³-hybridized carbons (Fsp3) is 0.222. The number of thioether (sulfide) groups is 1. The molecule has 1 fully saturated rings. The van der Waals surface area contributed by atoms with E-state index in [0.29, 0.717) is 11.7 Å². The molecule has 1 aliphatic rings. The second kappa shape index (κ2) is 5.47. The third-order valence-corrected chi connectivity index (χ3v) is 2.66. The van der Waals surface area contributed by atoms with Crippen LogP contribution >= 0.6 is 11.8 Å². The molecule has 6 nitrogen and oxygen atoms in total. The van der Waals surface area contributed by atoms with Gasteiger partial charge in [0.2, 0.25) is 0 Å². The monoisotopic (exact) mass is 241 g/mol. The van der Waals surface area contributed by atoms with Crippen LogP contribution in [-0.4, -0.2) is 35.7 Å². The first-order valence-corrected chi connectivity index (χ1v) is 5.13. The summed E-state index contributed by atoms with van der Waals surface area (Å²) in [5.41, 5.74) is 0. The number of rotatable bonds is 3. The number of hydrazine groups is 1. The van der Waals surface area contributed by atoms with Gasteiger partial charge in [-0.2, -0.15) is 0 Å². The number of nitrogens with zero attached hydrogens (tertiary/aromatic N) is 2. The number of amidine groups is 1. The van der Waals surface area contributed by atoms with E-state index < -0.39 is 11.9 Å². The van der Waals surface area contributed by atoms with Crippen LogP contribution in [0.2, 0.25) is 0 Å². The Labute approximate surface area is 96.8 Å². The maximum absolute atomic E-state index is 11.5. The van der Waals surface area contributed by atoms with Crippen molar-refractivity contribution in [2.45, 2.75) is 0 Å². The highest BCUT2D eigenvalue weighted by atomic mass is 32.2. The molecular weight excluding hydrogens is 230 g/mol. The number of ether oxygens (including phenoxy) is 1. The summed E-state index contributed by atoms with van der Waals surface area (Å²) >= 11 is 1.02. The van der Waals surface area contributed by atoms with E-state index in [2.05, 4.69) is 16.3 Å². The van der Waals surface area contributed by atoms with Gasteiger partial charge in [-0.15, -0.1) is 6.58 Å². The summed E-state index contributed by atoms with van der Waals surface area (Å²) < 4.78 is 4.42. The molecule has 0 bridgehead atoms. The highest BCUT2D eigenvalue weighted by Gasteiger charge is 2.31. The molecule has 0 aromatic heterocycles. The summed E-state index contributed by atoms with van der Waals surface area (Å²) in [4.78, 5) is 26.7. The molecule has 7 heteroatoms. The van der Waals surface area contributed by atoms with E-state index in [9.17, 15) is 9.59 Å². The quantitative estimate of drug-likeness (QED) is 0.248. The minimum Gasteiger partial charge on any atom is -0.466 e. The van der Waals surface area contributed by atoms with Crippen molar-refractivity contribution in [2.24, 2.45) is 10.8 Å². The number of esters is 1. The molecule has 86 valence electrons. The van der Waals surface area contributed by atoms with Crippen molar-refractivity contribution < 1.29 is 14.3 Å². The van der Waals surface area contributed by atoms with Gasteiger partial charge in [0.25, 0.3) is 5.91 Å². The Morgan fingerprint density at radius 3 is 3.00 bits per heavy atom. The summed E-state index contributed by atoms with van der Waals surface area (Å²) in [6.07, 6.45) is 2.66. The third kappa shape index (κ3) is 2.71. The highest BCUT2D eigenvalue weighted by molar-refractivity contribution is 8.18. The minimum atomic E-state index is -0.603. The van der Waals surface area contributed by atoms with Crippen LogP contribution in [0.4, 0.5) is 0 Å². The summed E-state index contributed by atoms with van der Waals surface area (Å²) in [5.74, 6) is 4.40. The van der Waals surface area contributed by atoms with Gasteiger partial charge >= 0.3 is 5.97 Å². The number of methoxy groups -OCH3 is 1. The molecule has 1 rings (SSSR count). The first-order chi connectivity index (χ1) is 7.60. The van der Waals surface area contributed by atoms with E-state index in [-0.39, 0.29) is 4.91 Å². The van der Waals surface area contributed by atoms with Crippen LogP contribution in [0.25, 0.3) is 0 Å². The standard InChI is InChI=1S/C9H11N3O3S/c1-3-4-11-9-12(10)8(14)6(16-9)5-7(13)15-2/h3,5H,1,4,10H2,2H3/b6-5-,11-9?. The van der Waals surface area contributed by atoms with E-state index >= 15 is 0 Å². The molecule has 0 radical (unpaired) electrons. The lowest BCUT2D eigenvalue weighted by Gasteiger charge is -2.05. The second-order valence-corrected chi connectivity index (χ2v) is 3.73. The molecular formula is C9H11N3O3S. The van der Waals surface area contributed by atoms with Gasteiger partial charge < -0.3 is 4.74 Å². The molecule has 1 saturated heterocycles. The van der Waals surface area contributed by atoms with E-state index in [1.165, 1.54) is 7.11 Å². The van der Waals surface area contributed by atoms with Crippen LogP contribution in [0.5, 0.6) is 0 Å². The number of amides is 1. The van der Waals surface area contributed by atoms with Crippen LogP contribution in [-0.2, 0) is 14.3 Å². The maximum Gasteiger partial charge on any atom is 0.331 e. The fourth-order valence-electron chi connectivity index (χ4n) is 0.905. The lowest BCUT2D eigenvalue weighted by Crippen LogP contribution is -2.36. The molecule has 1 aliphatic heterocycles. The minimum absolute atomic E-state index is 0.192. The number of hydrogen-bond acceptors (Lipinski definition) is 6. The predicted molar refractivity (Wildman–Crippen MR) is 61.2 cm³/mol. The first kappa shape index (κ1) is 12.5. The Hall–Kier alpha value is -1.60. The smallest absolute Gasteiger partial charge is 0.331 e. The molecule has 0 saturated carbocycles. The van der Waals surface area contributed by atoms with Gasteiger partial charge in [0.1, 0.15) is 0 Å². The second-order valence-electron chi connectivity index (χ2n) is 2.72. The predicted octanol–water partition coefficient (Wildman–Crippen LogP) is 0.0344. The van der Waals surface area contributed by atoms with Crippen LogP contribution in [0.15, 0.2) is 28.6 Å². The average Bonchev–Trinajstić information content (AvgIpc) is 2.54. The first-order valence-electron chi connectivity index (χ1n) is 4.32. The average molecular weight is 241 g/mol. The topological polar surface area (TPSA) is 85.0 Å². The summed E-state index contributed by atoms with van der Waals surface area (Å²) in [7, 11) is 1.23. The fourth-order valence-corrected chi connectivity index (χ4v) is 1.76. The zero-order valence-electron chi connectivity index (χ0n) is 8.67. The van der Waals surface area contributed by atoms with Crippen molar-refractivity contribution in [2.75, 3.05) is 13.7 Å². The van der Waals surface area contributed by atoms with E-state index in [0.717, 1.165) is 22.8 Å². The van der Waals surface area contributed by atoms with Gasteiger partial charge in [-0.3, -0.25) is 9.79 Å². The van der Waals surface area contributed by atoms with Gasteiger partial charge in [-0.05, 0) is 11.8 Å². The highest BCUT2D eigenvalue weighted by Crippen LogP contribution is 2.28.